The number of para-hydroxylation sites is 3. The van der Waals surface area contributed by atoms with Crippen LogP contribution in [0.1, 0.15) is 15.2 Å². The number of anilines is 3. The van der Waals surface area contributed by atoms with Gasteiger partial charge in [-0.25, -0.2) is 4.98 Å². The Kier molecular flexibility index (Phi) is 5.54. The summed E-state index contributed by atoms with van der Waals surface area (Å²) >= 11 is 1.63. The van der Waals surface area contributed by atoms with E-state index in [-0.39, 0.29) is 5.91 Å². The van der Waals surface area contributed by atoms with E-state index in [4.69, 9.17) is 5.73 Å². The Morgan fingerprint density at radius 3 is 2.41 bits per heavy atom. The molecule has 0 saturated heterocycles. The average molecular weight is 401 g/mol. The van der Waals surface area contributed by atoms with Crippen molar-refractivity contribution in [2.75, 3.05) is 16.4 Å². The van der Waals surface area contributed by atoms with E-state index in [0.717, 1.165) is 27.7 Å². The highest BCUT2D eigenvalue weighted by Gasteiger charge is 2.10. The number of nitrogens with two attached hydrogens (primary N) is 1. The van der Waals surface area contributed by atoms with Gasteiger partial charge in [0.15, 0.2) is 0 Å². The molecule has 0 bridgehead atoms. The first-order valence-electron chi connectivity index (χ1n) is 9.19. The molecule has 0 unspecified atom stereocenters. The standard InChI is InChI=1S/C23H20N4OS/c24-20-8-4-5-9-21(20)27-22(28)16-10-12-17(13-11-16)23-26-15-19(29-23)14-25-18-6-2-1-3-7-18/h1-13,15,25H,14,24H2,(H,27,28). The zero-order valence-electron chi connectivity index (χ0n) is 15.6. The summed E-state index contributed by atoms with van der Waals surface area (Å²) in [6.07, 6.45) is 1.88. The van der Waals surface area contributed by atoms with E-state index in [9.17, 15) is 4.79 Å². The zero-order valence-corrected chi connectivity index (χ0v) is 16.4. The lowest BCUT2D eigenvalue weighted by atomic mass is 10.1. The highest BCUT2D eigenvalue weighted by atomic mass is 32.1. The molecule has 1 amide bonds. The Morgan fingerprint density at radius 1 is 0.931 bits per heavy atom. The third-order valence-corrected chi connectivity index (χ3v) is 5.44. The zero-order chi connectivity index (χ0) is 20.1. The maximum atomic E-state index is 12.5. The molecule has 1 heterocycles. The first-order valence-corrected chi connectivity index (χ1v) is 10.0. The molecule has 0 fully saturated rings. The fraction of sp³-hybridized carbons (Fsp3) is 0.0435. The minimum Gasteiger partial charge on any atom is -0.397 e. The summed E-state index contributed by atoms with van der Waals surface area (Å²) in [5.41, 5.74) is 9.66. The summed E-state index contributed by atoms with van der Waals surface area (Å²) in [7, 11) is 0. The number of amides is 1. The maximum Gasteiger partial charge on any atom is 0.255 e. The van der Waals surface area contributed by atoms with Gasteiger partial charge in [0, 0.05) is 27.9 Å². The summed E-state index contributed by atoms with van der Waals surface area (Å²) in [4.78, 5) is 18.1. The Labute approximate surface area is 173 Å². The molecule has 0 atom stereocenters. The summed E-state index contributed by atoms with van der Waals surface area (Å²) in [5, 5.41) is 7.15. The van der Waals surface area contributed by atoms with E-state index in [1.165, 1.54) is 0 Å². The van der Waals surface area contributed by atoms with Crippen molar-refractivity contribution in [1.29, 1.82) is 0 Å². The second-order valence-corrected chi connectivity index (χ2v) is 7.59. The lowest BCUT2D eigenvalue weighted by Gasteiger charge is -2.08. The van der Waals surface area contributed by atoms with E-state index < -0.39 is 0 Å². The predicted octanol–water partition coefficient (Wildman–Crippen LogP) is 5.26. The van der Waals surface area contributed by atoms with Gasteiger partial charge in [0.2, 0.25) is 0 Å². The minimum absolute atomic E-state index is 0.193. The molecule has 0 radical (unpaired) electrons. The molecule has 0 aliphatic carbocycles. The van der Waals surface area contributed by atoms with Crippen molar-refractivity contribution in [2.24, 2.45) is 0 Å². The quantitative estimate of drug-likeness (QED) is 0.386. The molecular weight excluding hydrogens is 380 g/mol. The van der Waals surface area contributed by atoms with Crippen LogP contribution in [0.3, 0.4) is 0 Å². The molecule has 4 aromatic rings. The molecule has 0 spiro atoms. The van der Waals surface area contributed by atoms with E-state index in [0.29, 0.717) is 16.9 Å². The largest absolute Gasteiger partial charge is 0.397 e. The number of nitrogens with one attached hydrogen (secondary N) is 2. The number of aromatic nitrogens is 1. The van der Waals surface area contributed by atoms with Gasteiger partial charge in [-0.1, -0.05) is 42.5 Å². The van der Waals surface area contributed by atoms with Crippen LogP contribution in [0, 0.1) is 0 Å². The third-order valence-electron chi connectivity index (χ3n) is 4.40. The van der Waals surface area contributed by atoms with Gasteiger partial charge in [-0.05, 0) is 36.4 Å². The first-order chi connectivity index (χ1) is 14.2. The second kappa shape index (κ2) is 8.58. The minimum atomic E-state index is -0.193. The second-order valence-electron chi connectivity index (χ2n) is 6.47. The van der Waals surface area contributed by atoms with Crippen LogP contribution in [-0.2, 0) is 6.54 Å². The van der Waals surface area contributed by atoms with Crippen molar-refractivity contribution in [2.45, 2.75) is 6.54 Å². The average Bonchev–Trinajstić information content (AvgIpc) is 3.24. The number of nitrogens with zero attached hydrogens (tertiary/aromatic N) is 1. The van der Waals surface area contributed by atoms with E-state index >= 15 is 0 Å². The van der Waals surface area contributed by atoms with Gasteiger partial charge >= 0.3 is 0 Å². The van der Waals surface area contributed by atoms with Gasteiger partial charge in [-0.2, -0.15) is 0 Å². The van der Waals surface area contributed by atoms with Crippen molar-refractivity contribution < 1.29 is 4.79 Å². The number of carbonyl (C=O) groups excluding carboxylic acids is 1. The van der Waals surface area contributed by atoms with Gasteiger partial charge in [0.25, 0.3) is 5.91 Å². The normalized spacial score (nSPS) is 10.5. The summed E-state index contributed by atoms with van der Waals surface area (Å²) in [6.45, 7) is 0.723. The third kappa shape index (κ3) is 4.62. The topological polar surface area (TPSA) is 80.0 Å². The highest BCUT2D eigenvalue weighted by molar-refractivity contribution is 7.15. The van der Waals surface area contributed by atoms with Crippen molar-refractivity contribution in [3.63, 3.8) is 0 Å². The fourth-order valence-electron chi connectivity index (χ4n) is 2.84. The van der Waals surface area contributed by atoms with Crippen LogP contribution in [0.5, 0.6) is 0 Å². The number of rotatable bonds is 6. The lowest BCUT2D eigenvalue weighted by Crippen LogP contribution is -2.12. The van der Waals surface area contributed by atoms with E-state index in [1.54, 1.807) is 35.6 Å². The van der Waals surface area contributed by atoms with Gasteiger partial charge in [0.05, 0.1) is 17.9 Å². The molecule has 144 valence electrons. The van der Waals surface area contributed by atoms with Gasteiger partial charge in [0.1, 0.15) is 5.01 Å². The molecule has 0 saturated carbocycles. The Hall–Kier alpha value is -3.64. The van der Waals surface area contributed by atoms with Crippen LogP contribution in [0.25, 0.3) is 10.6 Å². The molecule has 29 heavy (non-hydrogen) atoms. The number of hydrogen-bond donors (Lipinski definition) is 3. The SMILES string of the molecule is Nc1ccccc1NC(=O)c1ccc(-c2ncc(CNc3ccccc3)s2)cc1. The van der Waals surface area contributed by atoms with Crippen molar-refractivity contribution >= 4 is 34.3 Å². The van der Waals surface area contributed by atoms with Crippen LogP contribution in [-0.4, -0.2) is 10.9 Å². The molecule has 5 nitrogen and oxygen atoms in total. The van der Waals surface area contributed by atoms with Crippen LogP contribution in [0.15, 0.2) is 85.1 Å². The summed E-state index contributed by atoms with van der Waals surface area (Å²) < 4.78 is 0. The number of thiazole rings is 1. The summed E-state index contributed by atoms with van der Waals surface area (Å²) in [5.74, 6) is -0.193. The van der Waals surface area contributed by atoms with Crippen molar-refractivity contribution in [3.8, 4) is 10.6 Å². The monoisotopic (exact) mass is 400 g/mol. The van der Waals surface area contributed by atoms with Crippen LogP contribution < -0.4 is 16.4 Å². The van der Waals surface area contributed by atoms with Crippen molar-refractivity contribution in [3.05, 3.63) is 95.5 Å². The van der Waals surface area contributed by atoms with Crippen LogP contribution in [0.2, 0.25) is 0 Å². The molecule has 4 N–H and O–H groups in total. The van der Waals surface area contributed by atoms with Crippen LogP contribution in [0.4, 0.5) is 17.1 Å². The Balaban J connectivity index is 1.41. The van der Waals surface area contributed by atoms with Gasteiger partial charge < -0.3 is 16.4 Å². The smallest absolute Gasteiger partial charge is 0.255 e. The predicted molar refractivity (Wildman–Crippen MR) is 120 cm³/mol. The van der Waals surface area contributed by atoms with Gasteiger partial charge in [-0.3, -0.25) is 4.79 Å². The summed E-state index contributed by atoms with van der Waals surface area (Å²) in [6, 6.07) is 24.7. The van der Waals surface area contributed by atoms with Gasteiger partial charge in [-0.15, -0.1) is 11.3 Å². The number of carbonyl (C=O) groups is 1. The Bertz CT molecular complexity index is 1110. The fourth-order valence-corrected chi connectivity index (χ4v) is 3.69. The van der Waals surface area contributed by atoms with E-state index in [2.05, 4.69) is 15.6 Å². The maximum absolute atomic E-state index is 12.5. The highest BCUT2D eigenvalue weighted by Crippen LogP contribution is 2.26. The number of nitrogen functional groups attached to an aromatic ring is 1. The molecule has 0 aliphatic heterocycles. The first kappa shape index (κ1) is 18.7. The van der Waals surface area contributed by atoms with Crippen LogP contribution >= 0.6 is 11.3 Å². The molecule has 3 aromatic carbocycles. The number of hydrogen-bond acceptors (Lipinski definition) is 5. The molecule has 1 aromatic heterocycles. The molecule has 0 aliphatic rings. The number of benzene rings is 3. The molecule has 4 rings (SSSR count). The molecular formula is C23H20N4OS. The lowest BCUT2D eigenvalue weighted by molar-refractivity contribution is 0.102. The Morgan fingerprint density at radius 2 is 1.66 bits per heavy atom. The van der Waals surface area contributed by atoms with E-state index in [1.807, 2.05) is 60.8 Å². The van der Waals surface area contributed by atoms with Crippen molar-refractivity contribution in [1.82, 2.24) is 4.98 Å². The molecule has 6 heteroatoms.